The Hall–Kier alpha value is -0.290. The summed E-state index contributed by atoms with van der Waals surface area (Å²) in [4.78, 5) is 11.5. The molecule has 0 bridgehead atoms. The maximum absolute atomic E-state index is 13.1. The monoisotopic (exact) mass is 326 g/mol. The molecule has 5 heteroatoms. The minimum absolute atomic E-state index is 0.150. The minimum Gasteiger partial charge on any atom is -0.292 e. The van der Waals surface area contributed by atoms with Crippen molar-refractivity contribution in [3.63, 3.8) is 0 Å². The zero-order valence-corrected chi connectivity index (χ0v) is 10.3. The van der Waals surface area contributed by atoms with Crippen LogP contribution in [0, 0.1) is 11.6 Å². The molecule has 1 rings (SSSR count). The van der Waals surface area contributed by atoms with Gasteiger partial charge in [0.05, 0.1) is 5.56 Å². The highest BCUT2D eigenvalue weighted by molar-refractivity contribution is 9.25. The van der Waals surface area contributed by atoms with Crippen molar-refractivity contribution in [2.24, 2.45) is 0 Å². The van der Waals surface area contributed by atoms with Gasteiger partial charge in [-0.3, -0.25) is 4.79 Å². The van der Waals surface area contributed by atoms with E-state index in [9.17, 15) is 13.6 Å². The second-order valence-corrected chi connectivity index (χ2v) is 7.08. The molecule has 0 saturated heterocycles. The van der Waals surface area contributed by atoms with Crippen molar-refractivity contribution in [3.05, 3.63) is 35.4 Å². The molecule has 0 aliphatic carbocycles. The topological polar surface area (TPSA) is 17.1 Å². The highest BCUT2D eigenvalue weighted by Gasteiger charge is 2.29. The molecule has 14 heavy (non-hydrogen) atoms. The number of halogens is 4. The summed E-state index contributed by atoms with van der Waals surface area (Å²) < 4.78 is 24.6. The fraction of sp³-hybridized carbons (Fsp3) is 0.222. The predicted octanol–water partition coefficient (Wildman–Crippen LogP) is 3.65. The maximum Gasteiger partial charge on any atom is 0.192 e. The highest BCUT2D eigenvalue weighted by Crippen LogP contribution is 2.30. The van der Waals surface area contributed by atoms with E-state index in [2.05, 4.69) is 31.9 Å². The van der Waals surface area contributed by atoms with Gasteiger partial charge in [0, 0.05) is 6.07 Å². The molecule has 0 N–H and O–H groups in total. The van der Waals surface area contributed by atoms with Gasteiger partial charge in [0.1, 0.15) is 14.9 Å². The summed E-state index contributed by atoms with van der Waals surface area (Å²) in [5.74, 6) is -2.06. The first-order valence-corrected chi connectivity index (χ1v) is 5.28. The fourth-order valence-corrected chi connectivity index (χ4v) is 1.34. The molecule has 0 aliphatic heterocycles. The zero-order valence-electron chi connectivity index (χ0n) is 7.15. The standard InChI is InChI=1S/C9H6Br2F2O/c1-9(10,11)8(14)6-3-2-5(12)4-7(6)13/h2-4H,1H3. The van der Waals surface area contributed by atoms with Gasteiger partial charge in [-0.05, 0) is 19.1 Å². The SMILES string of the molecule is CC(Br)(Br)C(=O)c1ccc(F)cc1F. The third kappa shape index (κ3) is 2.60. The van der Waals surface area contributed by atoms with E-state index in [1.807, 2.05) is 0 Å². The van der Waals surface area contributed by atoms with Crippen molar-refractivity contribution in [1.29, 1.82) is 0 Å². The average Bonchev–Trinajstić information content (AvgIpc) is 2.01. The first kappa shape index (κ1) is 11.8. The van der Waals surface area contributed by atoms with Gasteiger partial charge >= 0.3 is 0 Å². The molecular formula is C9H6Br2F2O. The Morgan fingerprint density at radius 2 is 1.93 bits per heavy atom. The summed E-state index contributed by atoms with van der Waals surface area (Å²) in [7, 11) is 0. The molecule has 0 heterocycles. The summed E-state index contributed by atoms with van der Waals surface area (Å²) in [6, 6.07) is 2.84. The number of hydrogen-bond donors (Lipinski definition) is 0. The van der Waals surface area contributed by atoms with Crippen molar-refractivity contribution < 1.29 is 13.6 Å². The Labute approximate surface area is 96.8 Å². The number of carbonyl (C=O) groups excluding carboxylic acids is 1. The van der Waals surface area contributed by atoms with E-state index in [0.717, 1.165) is 12.1 Å². The van der Waals surface area contributed by atoms with Crippen molar-refractivity contribution in [2.45, 2.75) is 10.2 Å². The van der Waals surface area contributed by atoms with E-state index in [0.29, 0.717) is 6.07 Å². The predicted molar refractivity (Wildman–Crippen MR) is 56.9 cm³/mol. The fourth-order valence-electron chi connectivity index (χ4n) is 0.910. The van der Waals surface area contributed by atoms with Crippen LogP contribution in [0.3, 0.4) is 0 Å². The summed E-state index contributed by atoms with van der Waals surface area (Å²) in [6.45, 7) is 1.53. The summed E-state index contributed by atoms with van der Waals surface area (Å²) >= 11 is 6.08. The number of hydrogen-bond acceptors (Lipinski definition) is 1. The molecule has 0 atom stereocenters. The van der Waals surface area contributed by atoms with Crippen LogP contribution in [0.15, 0.2) is 18.2 Å². The van der Waals surface area contributed by atoms with E-state index in [4.69, 9.17) is 0 Å². The van der Waals surface area contributed by atoms with Crippen LogP contribution in [0.1, 0.15) is 17.3 Å². The molecule has 0 amide bonds. The van der Waals surface area contributed by atoms with E-state index < -0.39 is 20.7 Å². The van der Waals surface area contributed by atoms with Crippen LogP contribution in [0.5, 0.6) is 0 Å². The average molecular weight is 328 g/mol. The maximum atomic E-state index is 13.1. The third-order valence-electron chi connectivity index (χ3n) is 1.57. The molecule has 0 aliphatic rings. The van der Waals surface area contributed by atoms with Crippen molar-refractivity contribution in [1.82, 2.24) is 0 Å². The van der Waals surface area contributed by atoms with Crippen molar-refractivity contribution >= 4 is 37.6 Å². The van der Waals surface area contributed by atoms with E-state index in [1.165, 1.54) is 6.92 Å². The van der Waals surface area contributed by atoms with Crippen LogP contribution in [-0.2, 0) is 0 Å². The lowest BCUT2D eigenvalue weighted by atomic mass is 10.1. The Morgan fingerprint density at radius 3 is 2.36 bits per heavy atom. The van der Waals surface area contributed by atoms with Gasteiger partial charge < -0.3 is 0 Å². The highest BCUT2D eigenvalue weighted by atomic mass is 79.9. The molecule has 1 nitrogen and oxygen atoms in total. The van der Waals surface area contributed by atoms with Gasteiger partial charge in [-0.1, -0.05) is 31.9 Å². The van der Waals surface area contributed by atoms with E-state index in [1.54, 1.807) is 0 Å². The number of alkyl halides is 2. The number of carbonyl (C=O) groups is 1. The Morgan fingerprint density at radius 1 is 1.36 bits per heavy atom. The Bertz CT molecular complexity index is 372. The minimum atomic E-state index is -1.03. The van der Waals surface area contributed by atoms with E-state index in [-0.39, 0.29) is 5.56 Å². The normalized spacial score (nSPS) is 11.5. The third-order valence-corrected chi connectivity index (χ3v) is 2.29. The lowest BCUT2D eigenvalue weighted by molar-refractivity contribution is 0.0984. The van der Waals surface area contributed by atoms with Gasteiger partial charge in [0.15, 0.2) is 5.78 Å². The van der Waals surface area contributed by atoms with Gasteiger partial charge in [0.2, 0.25) is 0 Å². The summed E-state index contributed by atoms with van der Waals surface area (Å²) in [5.41, 5.74) is -0.150. The van der Waals surface area contributed by atoms with Gasteiger partial charge in [-0.2, -0.15) is 0 Å². The van der Waals surface area contributed by atoms with Crippen molar-refractivity contribution in [3.8, 4) is 0 Å². The number of Topliss-reactive ketones (excluding diaryl/α,β-unsaturated/α-hetero) is 1. The molecule has 0 fully saturated rings. The summed E-state index contributed by atoms with van der Waals surface area (Å²) in [5, 5.41) is 0. The van der Waals surface area contributed by atoms with Crippen LogP contribution in [-0.4, -0.2) is 9.02 Å². The van der Waals surface area contributed by atoms with Crippen molar-refractivity contribution in [2.75, 3.05) is 0 Å². The smallest absolute Gasteiger partial charge is 0.192 e. The zero-order chi connectivity index (χ0) is 10.9. The van der Waals surface area contributed by atoms with Crippen LogP contribution in [0.4, 0.5) is 8.78 Å². The molecule has 1 aromatic carbocycles. The van der Waals surface area contributed by atoms with Gasteiger partial charge in [-0.25, -0.2) is 8.78 Å². The van der Waals surface area contributed by atoms with Crippen LogP contribution < -0.4 is 0 Å². The number of benzene rings is 1. The first-order chi connectivity index (χ1) is 6.32. The Kier molecular flexibility index (Phi) is 3.42. The van der Waals surface area contributed by atoms with Crippen LogP contribution >= 0.6 is 31.9 Å². The molecule has 0 radical (unpaired) electrons. The number of rotatable bonds is 2. The largest absolute Gasteiger partial charge is 0.292 e. The molecular weight excluding hydrogens is 322 g/mol. The van der Waals surface area contributed by atoms with Crippen LogP contribution in [0.25, 0.3) is 0 Å². The van der Waals surface area contributed by atoms with Crippen LogP contribution in [0.2, 0.25) is 0 Å². The lowest BCUT2D eigenvalue weighted by Crippen LogP contribution is -2.21. The van der Waals surface area contributed by atoms with Gasteiger partial charge in [0.25, 0.3) is 0 Å². The number of ketones is 1. The summed E-state index contributed by atoms with van der Waals surface area (Å²) in [6.07, 6.45) is 0. The first-order valence-electron chi connectivity index (χ1n) is 3.70. The molecule has 0 spiro atoms. The molecule has 1 aromatic rings. The molecule has 76 valence electrons. The second-order valence-electron chi connectivity index (χ2n) is 2.84. The lowest BCUT2D eigenvalue weighted by Gasteiger charge is -2.12. The van der Waals surface area contributed by atoms with E-state index >= 15 is 0 Å². The quantitative estimate of drug-likeness (QED) is 0.598. The Balaban J connectivity index is 3.15. The molecule has 0 aromatic heterocycles. The molecule has 0 unspecified atom stereocenters. The molecule has 0 saturated carbocycles. The van der Waals surface area contributed by atoms with Gasteiger partial charge in [-0.15, -0.1) is 0 Å². The second kappa shape index (κ2) is 4.06.